The van der Waals surface area contributed by atoms with E-state index in [2.05, 4.69) is 31.9 Å². The predicted molar refractivity (Wildman–Crippen MR) is 71.3 cm³/mol. The number of benzene rings is 1. The molecule has 0 saturated carbocycles. The van der Waals surface area contributed by atoms with Gasteiger partial charge >= 0.3 is 0 Å². The highest BCUT2D eigenvalue weighted by molar-refractivity contribution is 9.11. The maximum Gasteiger partial charge on any atom is 0.135 e. The lowest BCUT2D eigenvalue weighted by molar-refractivity contribution is 0.131. The average Bonchev–Trinajstić information content (AvgIpc) is 2.24. The Morgan fingerprint density at radius 2 is 1.81 bits per heavy atom. The second-order valence-corrected chi connectivity index (χ2v) is 6.12. The van der Waals surface area contributed by atoms with Crippen molar-refractivity contribution in [2.24, 2.45) is 11.1 Å². The van der Waals surface area contributed by atoms with Crippen LogP contribution in [-0.2, 0) is 0 Å². The Morgan fingerprint density at radius 1 is 1.31 bits per heavy atom. The minimum atomic E-state index is -0.499. The lowest BCUT2D eigenvalue weighted by Crippen LogP contribution is -2.32. The third-order valence-electron chi connectivity index (χ3n) is 2.68. The molecule has 4 N–H and O–H groups in total. The van der Waals surface area contributed by atoms with Crippen molar-refractivity contribution in [1.29, 1.82) is 0 Å². The maximum atomic E-state index is 9.97. The minimum Gasteiger partial charge on any atom is -0.506 e. The summed E-state index contributed by atoms with van der Waals surface area (Å²) in [5.41, 5.74) is 6.19. The number of nitrogens with two attached hydrogens (primary N) is 1. The van der Waals surface area contributed by atoms with Crippen LogP contribution in [0.1, 0.15) is 25.5 Å². The number of halogens is 2. The van der Waals surface area contributed by atoms with E-state index in [1.165, 1.54) is 0 Å². The van der Waals surface area contributed by atoms with E-state index in [4.69, 9.17) is 5.73 Å². The molecule has 1 aromatic carbocycles. The van der Waals surface area contributed by atoms with Gasteiger partial charge in [0.15, 0.2) is 0 Å². The van der Waals surface area contributed by atoms with Gasteiger partial charge in [-0.15, -0.1) is 0 Å². The van der Waals surface area contributed by atoms with Crippen LogP contribution in [0.25, 0.3) is 0 Å². The molecule has 0 heterocycles. The molecule has 3 nitrogen and oxygen atoms in total. The van der Waals surface area contributed by atoms with Gasteiger partial charge in [-0.25, -0.2) is 0 Å². The van der Waals surface area contributed by atoms with Crippen LogP contribution in [0.3, 0.4) is 0 Å². The standard InChI is InChI=1S/C11H15Br2NO2/c1-11(2,5-15)10(14)8-6(12)3-4-7(13)9(8)16/h3-4,10,15-16H,5,14H2,1-2H3/t10-/m0/s1. The van der Waals surface area contributed by atoms with Crippen molar-refractivity contribution in [3.8, 4) is 5.75 Å². The van der Waals surface area contributed by atoms with Gasteiger partial charge in [-0.3, -0.25) is 0 Å². The summed E-state index contributed by atoms with van der Waals surface area (Å²) < 4.78 is 1.33. The number of hydrogen-bond donors (Lipinski definition) is 3. The van der Waals surface area contributed by atoms with E-state index in [1.807, 2.05) is 19.9 Å². The summed E-state index contributed by atoms with van der Waals surface area (Å²) in [5.74, 6) is 0.114. The van der Waals surface area contributed by atoms with Crippen molar-refractivity contribution in [1.82, 2.24) is 0 Å². The van der Waals surface area contributed by atoms with Crippen LogP contribution in [0.5, 0.6) is 5.75 Å². The quantitative estimate of drug-likeness (QED) is 0.783. The molecule has 0 fully saturated rings. The molecule has 0 radical (unpaired) electrons. The van der Waals surface area contributed by atoms with Gasteiger partial charge in [0, 0.05) is 28.1 Å². The molecule has 90 valence electrons. The average molecular weight is 353 g/mol. The van der Waals surface area contributed by atoms with Gasteiger partial charge < -0.3 is 15.9 Å². The summed E-state index contributed by atoms with van der Waals surface area (Å²) in [6.45, 7) is 3.65. The molecule has 0 bridgehead atoms. The lowest BCUT2D eigenvalue weighted by Gasteiger charge is -2.31. The molecule has 0 saturated heterocycles. The van der Waals surface area contributed by atoms with Crippen LogP contribution in [-0.4, -0.2) is 16.8 Å². The maximum absolute atomic E-state index is 9.97. The van der Waals surface area contributed by atoms with Crippen molar-refractivity contribution in [2.75, 3.05) is 6.61 Å². The van der Waals surface area contributed by atoms with Crippen LogP contribution in [0.2, 0.25) is 0 Å². The summed E-state index contributed by atoms with van der Waals surface area (Å²) in [5, 5.41) is 19.3. The predicted octanol–water partition coefficient (Wildman–Crippen LogP) is 2.94. The van der Waals surface area contributed by atoms with Gasteiger partial charge in [0.05, 0.1) is 4.47 Å². The first kappa shape index (κ1) is 14.0. The van der Waals surface area contributed by atoms with Crippen molar-refractivity contribution in [2.45, 2.75) is 19.9 Å². The van der Waals surface area contributed by atoms with E-state index in [-0.39, 0.29) is 12.4 Å². The molecule has 0 aromatic heterocycles. The van der Waals surface area contributed by atoms with E-state index in [0.29, 0.717) is 10.0 Å². The Morgan fingerprint density at radius 3 is 2.31 bits per heavy atom. The van der Waals surface area contributed by atoms with Gasteiger partial charge in [0.25, 0.3) is 0 Å². The molecule has 0 aliphatic rings. The Bertz CT molecular complexity index is 394. The van der Waals surface area contributed by atoms with E-state index < -0.39 is 11.5 Å². The Kier molecular flexibility index (Phi) is 4.40. The van der Waals surface area contributed by atoms with Gasteiger partial charge in [-0.2, -0.15) is 0 Å². The third kappa shape index (κ3) is 2.59. The Labute approximate surface area is 112 Å². The minimum absolute atomic E-state index is 0.0490. The second kappa shape index (κ2) is 5.04. The molecule has 5 heteroatoms. The smallest absolute Gasteiger partial charge is 0.135 e. The van der Waals surface area contributed by atoms with E-state index in [0.717, 1.165) is 4.47 Å². The fourth-order valence-corrected chi connectivity index (χ4v) is 2.25. The summed E-state index contributed by atoms with van der Waals surface area (Å²) in [4.78, 5) is 0. The number of aliphatic hydroxyl groups excluding tert-OH is 1. The van der Waals surface area contributed by atoms with E-state index in [1.54, 1.807) is 6.07 Å². The van der Waals surface area contributed by atoms with Gasteiger partial charge in [-0.05, 0) is 28.1 Å². The Balaban J connectivity index is 3.28. The number of rotatable bonds is 3. The zero-order valence-corrected chi connectivity index (χ0v) is 12.3. The van der Waals surface area contributed by atoms with Crippen LogP contribution >= 0.6 is 31.9 Å². The Hall–Kier alpha value is -0.100. The van der Waals surface area contributed by atoms with Gasteiger partial charge in [-0.1, -0.05) is 29.8 Å². The summed E-state index contributed by atoms with van der Waals surface area (Å²) in [6, 6.07) is 3.10. The highest BCUT2D eigenvalue weighted by atomic mass is 79.9. The number of aliphatic hydroxyl groups is 1. The summed E-state index contributed by atoms with van der Waals surface area (Å²) in [6.07, 6.45) is 0. The highest BCUT2D eigenvalue weighted by Crippen LogP contribution is 2.42. The first-order valence-electron chi connectivity index (χ1n) is 4.84. The fourth-order valence-electron chi connectivity index (χ4n) is 1.34. The lowest BCUT2D eigenvalue weighted by atomic mass is 9.81. The molecule has 0 spiro atoms. The van der Waals surface area contributed by atoms with Gasteiger partial charge in [0.1, 0.15) is 5.75 Å². The topological polar surface area (TPSA) is 66.5 Å². The molecular weight excluding hydrogens is 338 g/mol. The molecule has 0 aliphatic heterocycles. The van der Waals surface area contributed by atoms with Crippen LogP contribution in [0.4, 0.5) is 0 Å². The largest absolute Gasteiger partial charge is 0.506 e. The summed E-state index contributed by atoms with van der Waals surface area (Å²) >= 11 is 6.61. The van der Waals surface area contributed by atoms with E-state index in [9.17, 15) is 10.2 Å². The summed E-state index contributed by atoms with van der Waals surface area (Å²) in [7, 11) is 0. The molecule has 0 amide bonds. The van der Waals surface area contributed by atoms with Crippen LogP contribution in [0.15, 0.2) is 21.1 Å². The van der Waals surface area contributed by atoms with Crippen molar-refractivity contribution in [3.05, 3.63) is 26.6 Å². The van der Waals surface area contributed by atoms with Crippen LogP contribution in [0, 0.1) is 5.41 Å². The van der Waals surface area contributed by atoms with Crippen molar-refractivity contribution in [3.63, 3.8) is 0 Å². The van der Waals surface area contributed by atoms with E-state index >= 15 is 0 Å². The molecule has 1 rings (SSSR count). The van der Waals surface area contributed by atoms with Crippen LogP contribution < -0.4 is 5.73 Å². The van der Waals surface area contributed by atoms with Gasteiger partial charge in [0.2, 0.25) is 0 Å². The van der Waals surface area contributed by atoms with Crippen molar-refractivity contribution >= 4 is 31.9 Å². The zero-order valence-electron chi connectivity index (χ0n) is 9.17. The normalized spacial score (nSPS) is 13.9. The molecule has 0 aliphatic carbocycles. The molecule has 0 unspecified atom stereocenters. The highest BCUT2D eigenvalue weighted by Gasteiger charge is 2.31. The first-order chi connectivity index (χ1) is 7.31. The molecule has 1 aromatic rings. The molecule has 16 heavy (non-hydrogen) atoms. The molecule has 1 atom stereocenters. The number of phenols is 1. The number of aromatic hydroxyl groups is 1. The monoisotopic (exact) mass is 351 g/mol. The fraction of sp³-hybridized carbons (Fsp3) is 0.455. The zero-order chi connectivity index (χ0) is 12.5. The molecular formula is C11H15Br2NO2. The SMILES string of the molecule is CC(C)(CO)[C@@H](N)c1c(Br)ccc(Br)c1O. The second-order valence-electron chi connectivity index (χ2n) is 4.42. The van der Waals surface area contributed by atoms with Crippen molar-refractivity contribution < 1.29 is 10.2 Å². The first-order valence-corrected chi connectivity index (χ1v) is 6.43. The number of hydrogen-bond acceptors (Lipinski definition) is 3. The number of phenolic OH excluding ortho intramolecular Hbond substituents is 1. The third-order valence-corrected chi connectivity index (χ3v) is 4.01.